The number of nitrogens with one attached hydrogen (secondary N) is 1. The number of anilines is 1. The topological polar surface area (TPSA) is 73.7 Å². The Bertz CT molecular complexity index is 1250. The maximum absolute atomic E-state index is 13.7. The maximum atomic E-state index is 13.7. The van der Waals surface area contributed by atoms with Crippen LogP contribution in [-0.4, -0.2) is 87.9 Å². The summed E-state index contributed by atoms with van der Waals surface area (Å²) in [5, 5.41) is 6.33. The molecule has 2 aliphatic rings. The molecule has 2 aliphatic heterocycles. The number of carbonyl (C=O) groups excluding carboxylic acids is 2. The van der Waals surface area contributed by atoms with Crippen LogP contribution < -0.4 is 5.32 Å². The smallest absolute Gasteiger partial charge is 0.255 e. The minimum absolute atomic E-state index is 0.0526. The Kier molecular flexibility index (Phi) is 8.14. The van der Waals surface area contributed by atoms with E-state index < -0.39 is 0 Å². The molecule has 4 heterocycles. The van der Waals surface area contributed by atoms with E-state index in [1.54, 1.807) is 11.3 Å². The minimum Gasteiger partial charge on any atom is -0.359 e. The van der Waals surface area contributed by atoms with Crippen LogP contribution in [0.1, 0.15) is 48.3 Å². The first-order valence-corrected chi connectivity index (χ1v) is 14.5. The molecular formula is C29H38N6O2S. The Morgan fingerprint density at radius 3 is 2.39 bits per heavy atom. The molecule has 0 aliphatic carbocycles. The van der Waals surface area contributed by atoms with Gasteiger partial charge in [-0.15, -0.1) is 11.3 Å². The molecule has 1 aromatic carbocycles. The average Bonchev–Trinajstić information content (AvgIpc) is 3.67. The van der Waals surface area contributed by atoms with E-state index in [1.807, 2.05) is 41.0 Å². The minimum atomic E-state index is 0.0526. The molecule has 0 saturated carbocycles. The van der Waals surface area contributed by atoms with Crippen molar-refractivity contribution in [3.05, 3.63) is 58.6 Å². The molecule has 3 aromatic rings. The second-order valence-corrected chi connectivity index (χ2v) is 11.5. The average molecular weight is 535 g/mol. The van der Waals surface area contributed by atoms with Gasteiger partial charge in [-0.25, -0.2) is 4.98 Å². The molecular weight excluding hydrogens is 496 g/mol. The van der Waals surface area contributed by atoms with Crippen molar-refractivity contribution in [1.82, 2.24) is 24.3 Å². The van der Waals surface area contributed by atoms with Gasteiger partial charge < -0.3 is 19.7 Å². The lowest BCUT2D eigenvalue weighted by Gasteiger charge is -2.35. The summed E-state index contributed by atoms with van der Waals surface area (Å²) in [5.74, 6) is 0.271. The van der Waals surface area contributed by atoms with Gasteiger partial charge in [-0.3, -0.25) is 14.5 Å². The van der Waals surface area contributed by atoms with E-state index in [4.69, 9.17) is 4.98 Å². The summed E-state index contributed by atoms with van der Waals surface area (Å²) < 4.78 is 2.21. The number of likely N-dealkylation sites (tertiary alicyclic amines) is 1. The Hall–Kier alpha value is -3.17. The van der Waals surface area contributed by atoms with Crippen molar-refractivity contribution in [2.75, 3.05) is 51.1 Å². The molecule has 2 amide bonds. The third kappa shape index (κ3) is 5.94. The van der Waals surface area contributed by atoms with Crippen molar-refractivity contribution in [2.45, 2.75) is 46.2 Å². The Morgan fingerprint density at radius 1 is 1.00 bits per heavy atom. The molecule has 0 radical (unpaired) electrons. The Balaban J connectivity index is 1.33. The zero-order chi connectivity index (χ0) is 26.6. The van der Waals surface area contributed by atoms with Gasteiger partial charge in [-0.1, -0.05) is 30.3 Å². The van der Waals surface area contributed by atoms with Crippen molar-refractivity contribution in [2.24, 2.45) is 0 Å². The van der Waals surface area contributed by atoms with Crippen LogP contribution in [-0.2, 0) is 11.3 Å². The first-order valence-electron chi connectivity index (χ1n) is 13.6. The zero-order valence-electron chi connectivity index (χ0n) is 22.7. The van der Waals surface area contributed by atoms with Gasteiger partial charge in [0.25, 0.3) is 5.91 Å². The van der Waals surface area contributed by atoms with Gasteiger partial charge in [-0.2, -0.15) is 0 Å². The van der Waals surface area contributed by atoms with Gasteiger partial charge in [0.2, 0.25) is 5.91 Å². The highest BCUT2D eigenvalue weighted by molar-refractivity contribution is 7.14. The third-order valence-corrected chi connectivity index (χ3v) is 8.21. The predicted octanol–water partition coefficient (Wildman–Crippen LogP) is 4.17. The summed E-state index contributed by atoms with van der Waals surface area (Å²) in [6.45, 7) is 11.8. The first-order chi connectivity index (χ1) is 18.4. The zero-order valence-corrected chi connectivity index (χ0v) is 23.5. The molecule has 2 aromatic heterocycles. The molecule has 202 valence electrons. The quantitative estimate of drug-likeness (QED) is 0.470. The summed E-state index contributed by atoms with van der Waals surface area (Å²) in [7, 11) is 0. The normalized spacial score (nSPS) is 16.4. The third-order valence-electron chi connectivity index (χ3n) is 7.44. The summed E-state index contributed by atoms with van der Waals surface area (Å²) in [6.07, 6.45) is 2.21. The second-order valence-electron chi connectivity index (χ2n) is 10.6. The molecule has 2 fully saturated rings. The molecule has 0 spiro atoms. The number of hydrogen-bond acceptors (Lipinski definition) is 6. The lowest BCUT2D eigenvalue weighted by Crippen LogP contribution is -2.51. The van der Waals surface area contributed by atoms with Crippen molar-refractivity contribution in [3.63, 3.8) is 0 Å². The highest BCUT2D eigenvalue weighted by Crippen LogP contribution is 2.31. The number of thiazole rings is 1. The molecule has 0 atom stereocenters. The van der Waals surface area contributed by atoms with Gasteiger partial charge in [0, 0.05) is 62.9 Å². The summed E-state index contributed by atoms with van der Waals surface area (Å²) in [4.78, 5) is 37.2. The number of carbonyl (C=O) groups is 2. The summed E-state index contributed by atoms with van der Waals surface area (Å²) in [6, 6.07) is 12.6. The number of rotatable bonds is 8. The van der Waals surface area contributed by atoms with E-state index in [1.165, 1.54) is 5.56 Å². The standard InChI is InChI=1S/C29H38N6O2S/c1-21(2)30-29-31-25(20-38-29)26-17-24(22(3)35(26)18-23-9-5-4-6-10-23)28(37)34-15-13-32(14-16-34)19-27(36)33-11-7-8-12-33/h4-6,9-10,17,20-21H,7-8,11-16,18-19H2,1-3H3,(H,30,31). The van der Waals surface area contributed by atoms with Crippen molar-refractivity contribution in [3.8, 4) is 11.4 Å². The van der Waals surface area contributed by atoms with E-state index in [2.05, 4.69) is 46.1 Å². The summed E-state index contributed by atoms with van der Waals surface area (Å²) >= 11 is 1.59. The molecule has 2 saturated heterocycles. The van der Waals surface area contributed by atoms with Gasteiger partial charge in [0.05, 0.1) is 23.5 Å². The SMILES string of the molecule is Cc1c(C(=O)N2CCN(CC(=O)N3CCCC3)CC2)cc(-c2csc(NC(C)C)n2)n1Cc1ccccc1. The van der Waals surface area contributed by atoms with E-state index in [0.29, 0.717) is 32.2 Å². The van der Waals surface area contributed by atoms with Crippen LogP contribution in [0.4, 0.5) is 5.13 Å². The lowest BCUT2D eigenvalue weighted by atomic mass is 10.2. The summed E-state index contributed by atoms with van der Waals surface area (Å²) in [5.41, 5.74) is 4.69. The number of nitrogens with zero attached hydrogens (tertiary/aromatic N) is 5. The second kappa shape index (κ2) is 11.7. The molecule has 38 heavy (non-hydrogen) atoms. The number of amides is 2. The van der Waals surface area contributed by atoms with Crippen LogP contribution >= 0.6 is 11.3 Å². The van der Waals surface area contributed by atoms with Crippen LogP contribution in [0.15, 0.2) is 41.8 Å². The number of hydrogen-bond donors (Lipinski definition) is 1. The number of aromatic nitrogens is 2. The largest absolute Gasteiger partial charge is 0.359 e. The van der Waals surface area contributed by atoms with E-state index in [0.717, 1.165) is 66.8 Å². The highest BCUT2D eigenvalue weighted by atomic mass is 32.1. The molecule has 1 N–H and O–H groups in total. The van der Waals surface area contributed by atoms with Crippen molar-refractivity contribution >= 4 is 28.3 Å². The van der Waals surface area contributed by atoms with E-state index in [-0.39, 0.29) is 11.8 Å². The van der Waals surface area contributed by atoms with Gasteiger partial charge in [0.15, 0.2) is 5.13 Å². The Labute approximate surface area is 229 Å². The molecule has 0 bridgehead atoms. The van der Waals surface area contributed by atoms with Crippen LogP contribution in [0, 0.1) is 6.92 Å². The van der Waals surface area contributed by atoms with Crippen molar-refractivity contribution in [1.29, 1.82) is 0 Å². The number of piperazine rings is 1. The fourth-order valence-electron chi connectivity index (χ4n) is 5.29. The first kappa shape index (κ1) is 26.4. The van der Waals surface area contributed by atoms with E-state index in [9.17, 15) is 9.59 Å². The van der Waals surface area contributed by atoms with Crippen LogP contribution in [0.5, 0.6) is 0 Å². The van der Waals surface area contributed by atoms with Gasteiger partial charge in [0.1, 0.15) is 0 Å². The van der Waals surface area contributed by atoms with E-state index >= 15 is 0 Å². The molecule has 5 rings (SSSR count). The van der Waals surface area contributed by atoms with Gasteiger partial charge in [-0.05, 0) is 45.2 Å². The van der Waals surface area contributed by atoms with Crippen LogP contribution in [0.25, 0.3) is 11.4 Å². The fraction of sp³-hybridized carbons (Fsp3) is 0.483. The molecule has 9 heteroatoms. The highest BCUT2D eigenvalue weighted by Gasteiger charge is 2.28. The van der Waals surface area contributed by atoms with Crippen molar-refractivity contribution < 1.29 is 9.59 Å². The van der Waals surface area contributed by atoms with Gasteiger partial charge >= 0.3 is 0 Å². The van der Waals surface area contributed by atoms with Crippen LogP contribution in [0.3, 0.4) is 0 Å². The fourth-order valence-corrected chi connectivity index (χ4v) is 6.14. The molecule has 8 nitrogen and oxygen atoms in total. The Morgan fingerprint density at radius 2 is 1.71 bits per heavy atom. The monoisotopic (exact) mass is 534 g/mol. The predicted molar refractivity (Wildman–Crippen MR) is 153 cm³/mol. The lowest BCUT2D eigenvalue weighted by molar-refractivity contribution is -0.131. The number of benzene rings is 1. The van der Waals surface area contributed by atoms with Crippen LogP contribution in [0.2, 0.25) is 0 Å². The molecule has 0 unspecified atom stereocenters. The maximum Gasteiger partial charge on any atom is 0.255 e.